The van der Waals surface area contributed by atoms with E-state index in [1.807, 2.05) is 6.07 Å². The molecule has 1 heterocycles. The first-order valence-electron chi connectivity index (χ1n) is 6.94. The highest BCUT2D eigenvalue weighted by molar-refractivity contribution is 5.38. The Morgan fingerprint density at radius 2 is 2.06 bits per heavy atom. The maximum atomic E-state index is 5.10. The van der Waals surface area contributed by atoms with E-state index in [4.69, 9.17) is 4.74 Å². The van der Waals surface area contributed by atoms with Gasteiger partial charge in [-0.2, -0.15) is 0 Å². The highest BCUT2D eigenvalue weighted by Crippen LogP contribution is 2.29. The molecule has 18 heavy (non-hydrogen) atoms. The molecule has 1 N–H and O–H groups in total. The maximum Gasteiger partial charge on any atom is 0.218 e. The summed E-state index contributed by atoms with van der Waals surface area (Å²) >= 11 is 0. The van der Waals surface area contributed by atoms with Gasteiger partial charge in [0.1, 0.15) is 12.1 Å². The summed E-state index contributed by atoms with van der Waals surface area (Å²) < 4.78 is 5.10. The van der Waals surface area contributed by atoms with Crippen molar-refractivity contribution in [3.05, 3.63) is 12.4 Å². The zero-order valence-electron chi connectivity index (χ0n) is 11.4. The number of rotatable bonds is 5. The Bertz CT molecular complexity index is 362. The predicted molar refractivity (Wildman–Crippen MR) is 72.9 cm³/mol. The predicted octanol–water partition coefficient (Wildman–Crippen LogP) is 3.26. The number of anilines is 1. The maximum absolute atomic E-state index is 5.10. The van der Waals surface area contributed by atoms with E-state index in [2.05, 4.69) is 22.2 Å². The van der Waals surface area contributed by atoms with Crippen LogP contribution < -0.4 is 10.1 Å². The van der Waals surface area contributed by atoms with E-state index in [1.54, 1.807) is 13.4 Å². The van der Waals surface area contributed by atoms with Gasteiger partial charge in [-0.05, 0) is 31.6 Å². The van der Waals surface area contributed by atoms with Crippen molar-refractivity contribution in [2.24, 2.45) is 5.92 Å². The van der Waals surface area contributed by atoms with E-state index in [9.17, 15) is 0 Å². The molecule has 0 unspecified atom stereocenters. The van der Waals surface area contributed by atoms with Crippen LogP contribution in [0.5, 0.6) is 5.88 Å². The van der Waals surface area contributed by atoms with Gasteiger partial charge in [0.15, 0.2) is 0 Å². The van der Waals surface area contributed by atoms with E-state index in [0.29, 0.717) is 11.9 Å². The Balaban J connectivity index is 1.83. The zero-order chi connectivity index (χ0) is 12.8. The molecule has 0 amide bonds. The molecule has 2 rings (SSSR count). The monoisotopic (exact) mass is 249 g/mol. The first-order valence-corrected chi connectivity index (χ1v) is 6.94. The van der Waals surface area contributed by atoms with Crippen LogP contribution in [0.15, 0.2) is 12.4 Å². The van der Waals surface area contributed by atoms with Crippen molar-refractivity contribution in [3.8, 4) is 5.88 Å². The first kappa shape index (κ1) is 13.1. The van der Waals surface area contributed by atoms with Gasteiger partial charge in [0.2, 0.25) is 5.88 Å². The van der Waals surface area contributed by atoms with Crippen molar-refractivity contribution < 1.29 is 4.74 Å². The lowest BCUT2D eigenvalue weighted by Crippen LogP contribution is -2.26. The molecule has 1 fully saturated rings. The highest BCUT2D eigenvalue weighted by Gasteiger charge is 2.20. The van der Waals surface area contributed by atoms with Crippen LogP contribution in [0.25, 0.3) is 0 Å². The van der Waals surface area contributed by atoms with Crippen molar-refractivity contribution in [1.82, 2.24) is 9.97 Å². The molecule has 100 valence electrons. The summed E-state index contributed by atoms with van der Waals surface area (Å²) in [7, 11) is 1.63. The van der Waals surface area contributed by atoms with Crippen LogP contribution in [-0.4, -0.2) is 23.1 Å². The molecule has 1 aromatic heterocycles. The van der Waals surface area contributed by atoms with E-state index < -0.39 is 0 Å². The number of hydrogen-bond donors (Lipinski definition) is 1. The zero-order valence-corrected chi connectivity index (χ0v) is 11.4. The summed E-state index contributed by atoms with van der Waals surface area (Å²) in [5.74, 6) is 2.43. The lowest BCUT2D eigenvalue weighted by molar-refractivity contribution is 0.318. The number of methoxy groups -OCH3 is 1. The summed E-state index contributed by atoms with van der Waals surface area (Å²) in [5.41, 5.74) is 0. The van der Waals surface area contributed by atoms with Crippen molar-refractivity contribution in [2.75, 3.05) is 12.4 Å². The standard InChI is InChI=1S/C14H23N3O/c1-3-4-11-5-7-12(8-6-11)17-13-9-14(18-2)16-10-15-13/h9-12H,3-8H2,1-2H3,(H,15,16,17). The first-order chi connectivity index (χ1) is 8.81. The van der Waals surface area contributed by atoms with Gasteiger partial charge in [-0.15, -0.1) is 0 Å². The lowest BCUT2D eigenvalue weighted by Gasteiger charge is -2.29. The average Bonchev–Trinajstić information content (AvgIpc) is 2.42. The van der Waals surface area contributed by atoms with Crippen LogP contribution in [0.4, 0.5) is 5.82 Å². The van der Waals surface area contributed by atoms with E-state index >= 15 is 0 Å². The minimum absolute atomic E-state index is 0.553. The summed E-state index contributed by atoms with van der Waals surface area (Å²) in [6, 6.07) is 2.41. The van der Waals surface area contributed by atoms with Crippen molar-refractivity contribution in [2.45, 2.75) is 51.5 Å². The van der Waals surface area contributed by atoms with Crippen molar-refractivity contribution in [3.63, 3.8) is 0 Å². The second-order valence-corrected chi connectivity index (χ2v) is 5.10. The summed E-state index contributed by atoms with van der Waals surface area (Å²) in [4.78, 5) is 8.25. The number of ether oxygens (including phenoxy) is 1. The molecular weight excluding hydrogens is 226 g/mol. The molecule has 4 heteroatoms. The molecule has 0 bridgehead atoms. The molecule has 0 aromatic carbocycles. The quantitative estimate of drug-likeness (QED) is 0.870. The van der Waals surface area contributed by atoms with Gasteiger partial charge in [0.25, 0.3) is 0 Å². The van der Waals surface area contributed by atoms with Crippen molar-refractivity contribution >= 4 is 5.82 Å². The smallest absolute Gasteiger partial charge is 0.218 e. The van der Waals surface area contributed by atoms with Gasteiger partial charge in [-0.1, -0.05) is 19.8 Å². The van der Waals surface area contributed by atoms with Gasteiger partial charge < -0.3 is 10.1 Å². The molecule has 1 aromatic rings. The van der Waals surface area contributed by atoms with Crippen LogP contribution in [0, 0.1) is 5.92 Å². The number of hydrogen-bond acceptors (Lipinski definition) is 4. The SMILES string of the molecule is CCCC1CCC(Nc2cc(OC)ncn2)CC1. The Morgan fingerprint density at radius 1 is 1.28 bits per heavy atom. The molecular formula is C14H23N3O. The molecule has 4 nitrogen and oxygen atoms in total. The fourth-order valence-corrected chi connectivity index (χ4v) is 2.74. The Morgan fingerprint density at radius 3 is 2.72 bits per heavy atom. The van der Waals surface area contributed by atoms with E-state index in [0.717, 1.165) is 11.7 Å². The topological polar surface area (TPSA) is 47.0 Å². The van der Waals surface area contributed by atoms with Gasteiger partial charge in [-0.3, -0.25) is 0 Å². The van der Waals surface area contributed by atoms with Gasteiger partial charge in [0.05, 0.1) is 7.11 Å². The van der Waals surface area contributed by atoms with Gasteiger partial charge >= 0.3 is 0 Å². The van der Waals surface area contributed by atoms with E-state index in [-0.39, 0.29) is 0 Å². The molecule has 0 atom stereocenters. The normalized spacial score (nSPS) is 23.7. The third-order valence-electron chi connectivity index (χ3n) is 3.75. The van der Waals surface area contributed by atoms with Crippen LogP contribution in [0.2, 0.25) is 0 Å². The highest BCUT2D eigenvalue weighted by atomic mass is 16.5. The molecule has 1 saturated carbocycles. The molecule has 1 aliphatic carbocycles. The summed E-state index contributed by atoms with van der Waals surface area (Å²) in [5, 5.41) is 3.49. The van der Waals surface area contributed by atoms with Gasteiger partial charge in [-0.25, -0.2) is 9.97 Å². The van der Waals surface area contributed by atoms with Crippen LogP contribution in [0.1, 0.15) is 45.4 Å². The number of aromatic nitrogens is 2. The second kappa shape index (κ2) is 6.57. The second-order valence-electron chi connectivity index (χ2n) is 5.10. The largest absolute Gasteiger partial charge is 0.481 e. The Labute approximate surface area is 109 Å². The fourth-order valence-electron chi connectivity index (χ4n) is 2.74. The Kier molecular flexibility index (Phi) is 4.79. The van der Waals surface area contributed by atoms with Crippen LogP contribution in [0.3, 0.4) is 0 Å². The molecule has 1 aliphatic rings. The number of nitrogens with one attached hydrogen (secondary N) is 1. The van der Waals surface area contributed by atoms with Crippen LogP contribution >= 0.6 is 0 Å². The lowest BCUT2D eigenvalue weighted by atomic mass is 9.83. The molecule has 0 spiro atoms. The fraction of sp³-hybridized carbons (Fsp3) is 0.714. The third kappa shape index (κ3) is 3.59. The average molecular weight is 249 g/mol. The summed E-state index contributed by atoms with van der Waals surface area (Å²) in [6.45, 7) is 2.28. The van der Waals surface area contributed by atoms with E-state index in [1.165, 1.54) is 38.5 Å². The molecule has 0 radical (unpaired) electrons. The molecule has 0 aliphatic heterocycles. The van der Waals surface area contributed by atoms with Gasteiger partial charge in [0, 0.05) is 12.1 Å². The third-order valence-corrected chi connectivity index (χ3v) is 3.75. The van der Waals surface area contributed by atoms with Crippen molar-refractivity contribution in [1.29, 1.82) is 0 Å². The molecule has 0 saturated heterocycles. The minimum Gasteiger partial charge on any atom is -0.481 e. The number of nitrogens with zero attached hydrogens (tertiary/aromatic N) is 2. The Hall–Kier alpha value is -1.32. The van der Waals surface area contributed by atoms with Crippen LogP contribution in [-0.2, 0) is 0 Å². The summed E-state index contributed by atoms with van der Waals surface area (Å²) in [6.07, 6.45) is 9.42. The minimum atomic E-state index is 0.553.